The number of amides is 4. The summed E-state index contributed by atoms with van der Waals surface area (Å²) >= 11 is 0. The van der Waals surface area contributed by atoms with Gasteiger partial charge in [0.25, 0.3) is 0 Å². The van der Waals surface area contributed by atoms with Crippen molar-refractivity contribution in [2.45, 2.75) is 88.8 Å². The first kappa shape index (κ1) is 46.7. The second-order valence-corrected chi connectivity index (χ2v) is 17.3. The minimum Gasteiger partial charge on any atom is -0.388 e. The van der Waals surface area contributed by atoms with Crippen molar-refractivity contribution in [3.8, 4) is 22.4 Å². The Morgan fingerprint density at radius 3 is 2.00 bits per heavy atom. The highest BCUT2D eigenvalue weighted by atomic mass is 31.1. The second kappa shape index (κ2) is 23.5. The van der Waals surface area contributed by atoms with Crippen LogP contribution in [0.5, 0.6) is 0 Å². The first-order valence-corrected chi connectivity index (χ1v) is 21.8. The van der Waals surface area contributed by atoms with E-state index in [1.807, 2.05) is 24.2 Å². The molecule has 1 aromatic heterocycles. The number of ether oxygens (including phenoxy) is 2. The van der Waals surface area contributed by atoms with Crippen molar-refractivity contribution < 1.29 is 28.7 Å². The molecule has 0 bridgehead atoms. The number of imidazole rings is 1. The first-order chi connectivity index (χ1) is 27.4. The van der Waals surface area contributed by atoms with Crippen LogP contribution < -0.4 is 16.4 Å². The Hall–Kier alpha value is -4.71. The van der Waals surface area contributed by atoms with E-state index in [2.05, 4.69) is 99.9 Å². The number of likely N-dealkylation sites (tertiary alicyclic amines) is 1. The molecule has 1 unspecified atom stereocenters. The molecule has 4 amide bonds. The third-order valence-electron chi connectivity index (χ3n) is 10.6. The lowest BCUT2D eigenvalue weighted by atomic mass is 9.75. The van der Waals surface area contributed by atoms with Gasteiger partial charge in [-0.25, -0.2) is 4.98 Å². The lowest BCUT2D eigenvalue weighted by molar-refractivity contribution is -0.143. The Morgan fingerprint density at radius 1 is 0.947 bits per heavy atom. The molecule has 1 aliphatic heterocycles. The van der Waals surface area contributed by atoms with Crippen molar-refractivity contribution in [2.75, 3.05) is 47.5 Å². The van der Waals surface area contributed by atoms with Gasteiger partial charge in [0.05, 0.1) is 23.5 Å². The number of primary amides is 1. The molecule has 2 saturated carbocycles. The number of hydrogen-bond donors (Lipinski definition) is 4. The standard InChI is InChI=1S/C36H43N5O3.C4H10NOP.C2H6O.CH3NO/c1-25(22-37-26(2)32-7-4-20-41(32)34(43)36(39-24-42)18-6-19-36)27-8-10-28(11-9-27)29-12-14-30(15-13-29)31-23-38-33(40-31)21-35(44-3)16-5-17-35;1-7(2)4-5-3-6;1-3-2;2-1-3/h8-15,22-24,32H,4-7,16-21H2,1-3H3,(H,38,40)(H,39,42);3H,4H2,1-2H3,(H,5,6);1-2H3;1H,(H2,2,3)/b25-22+,37-26?;;;. The van der Waals surface area contributed by atoms with Crippen LogP contribution in [0.15, 0.2) is 65.9 Å². The monoisotopic (exact) mass is 803 g/mol. The van der Waals surface area contributed by atoms with Crippen molar-refractivity contribution in [1.29, 1.82) is 0 Å². The zero-order chi connectivity index (χ0) is 41.8. The molecule has 13 nitrogen and oxygen atoms in total. The minimum absolute atomic E-state index is 0.0269. The molecule has 0 spiro atoms. The van der Waals surface area contributed by atoms with Crippen LogP contribution in [-0.4, -0.2) is 110 Å². The van der Waals surface area contributed by atoms with Gasteiger partial charge < -0.3 is 35.7 Å². The molecule has 1 saturated heterocycles. The zero-order valence-electron chi connectivity index (χ0n) is 34.7. The molecule has 2 aliphatic carbocycles. The van der Waals surface area contributed by atoms with Gasteiger partial charge in [-0.05, 0) is 106 Å². The van der Waals surface area contributed by atoms with E-state index in [9.17, 15) is 14.4 Å². The van der Waals surface area contributed by atoms with Gasteiger partial charge in [-0.2, -0.15) is 0 Å². The molecule has 14 heteroatoms. The fourth-order valence-corrected chi connectivity index (χ4v) is 7.50. The number of hydrogen-bond acceptors (Lipinski definition) is 8. The summed E-state index contributed by atoms with van der Waals surface area (Å²) in [6.45, 7) is 9.01. The summed E-state index contributed by atoms with van der Waals surface area (Å²) < 4.78 is 10.0. The average Bonchev–Trinajstić information content (AvgIpc) is 3.87. The van der Waals surface area contributed by atoms with E-state index in [1.54, 1.807) is 21.3 Å². The van der Waals surface area contributed by atoms with Gasteiger partial charge in [0.2, 0.25) is 25.1 Å². The van der Waals surface area contributed by atoms with Gasteiger partial charge in [0.15, 0.2) is 0 Å². The SMILES string of the molecule is COC.COC1(Cc2ncc(-c3ccc(-c4ccc(/C(C)=C/N=C(C)C5CCCN5C(=O)C5(NC=O)CCC5)cc4)cc3)[nH]2)CCC1.CP(C)CNC=O.NC=O. The highest BCUT2D eigenvalue weighted by Crippen LogP contribution is 2.38. The Labute approximate surface area is 339 Å². The molecule has 0 radical (unpaired) electrons. The number of nitrogens with two attached hydrogens (primary N) is 1. The summed E-state index contributed by atoms with van der Waals surface area (Å²) in [5.41, 5.74) is 10.9. The van der Waals surface area contributed by atoms with E-state index in [0.717, 1.165) is 96.3 Å². The number of benzene rings is 2. The van der Waals surface area contributed by atoms with Crippen molar-refractivity contribution in [1.82, 2.24) is 25.5 Å². The number of aliphatic imine (C=N–C) groups is 1. The van der Waals surface area contributed by atoms with Gasteiger partial charge in [-0.3, -0.25) is 24.2 Å². The number of aromatic nitrogens is 2. The maximum atomic E-state index is 13.3. The van der Waals surface area contributed by atoms with Crippen LogP contribution in [0.1, 0.15) is 76.6 Å². The second-order valence-electron chi connectivity index (χ2n) is 14.9. The summed E-state index contributed by atoms with van der Waals surface area (Å²) in [5, 5.41) is 5.41. The van der Waals surface area contributed by atoms with E-state index in [-0.39, 0.29) is 31.9 Å². The molecule has 2 aromatic carbocycles. The van der Waals surface area contributed by atoms with Crippen molar-refractivity contribution in [3.05, 3.63) is 72.3 Å². The Balaban J connectivity index is 0.000000585. The molecule has 5 N–H and O–H groups in total. The number of methoxy groups -OCH3 is 2. The number of nitrogens with zero attached hydrogens (tertiary/aromatic N) is 3. The Kier molecular flexibility index (Phi) is 19.2. The number of carbonyl (C=O) groups excluding carboxylic acids is 4. The maximum Gasteiger partial charge on any atom is 0.248 e. The number of aromatic amines is 1. The molecule has 3 aromatic rings. The maximum absolute atomic E-state index is 13.3. The van der Waals surface area contributed by atoms with Crippen molar-refractivity contribution >= 4 is 44.3 Å². The van der Waals surface area contributed by atoms with Crippen LogP contribution in [0.4, 0.5) is 0 Å². The Bertz CT molecular complexity index is 1760. The van der Waals surface area contributed by atoms with Crippen LogP contribution in [0, 0.1) is 0 Å². The Morgan fingerprint density at radius 2 is 1.53 bits per heavy atom. The predicted octanol–water partition coefficient (Wildman–Crippen LogP) is 6.13. The molecular formula is C43H62N7O6P. The van der Waals surface area contributed by atoms with Crippen molar-refractivity contribution in [2.24, 2.45) is 10.7 Å². The third kappa shape index (κ3) is 13.2. The van der Waals surface area contributed by atoms with Gasteiger partial charge in [-0.1, -0.05) is 56.5 Å². The van der Waals surface area contributed by atoms with Crippen LogP contribution in [0.3, 0.4) is 0 Å². The number of allylic oxidation sites excluding steroid dienone is 1. The van der Waals surface area contributed by atoms with Crippen LogP contribution in [-0.2, 0) is 35.1 Å². The third-order valence-corrected chi connectivity index (χ3v) is 11.4. The topological polar surface area (TPSA) is 181 Å². The van der Waals surface area contributed by atoms with E-state index >= 15 is 0 Å². The summed E-state index contributed by atoms with van der Waals surface area (Å²) in [6, 6.07) is 17.1. The summed E-state index contributed by atoms with van der Waals surface area (Å²) in [6.07, 6.45) is 14.8. The summed E-state index contributed by atoms with van der Waals surface area (Å²) in [4.78, 5) is 57.5. The largest absolute Gasteiger partial charge is 0.388 e. The minimum atomic E-state index is -0.718. The molecule has 3 fully saturated rings. The fourth-order valence-electron chi connectivity index (χ4n) is 7.06. The van der Waals surface area contributed by atoms with Crippen LogP contribution in [0.2, 0.25) is 0 Å². The molecule has 2 heterocycles. The summed E-state index contributed by atoms with van der Waals surface area (Å²) in [7, 11) is 5.10. The zero-order valence-corrected chi connectivity index (χ0v) is 35.6. The predicted molar refractivity (Wildman–Crippen MR) is 230 cm³/mol. The average molecular weight is 804 g/mol. The molecule has 3 aliphatic rings. The summed E-state index contributed by atoms with van der Waals surface area (Å²) in [5.74, 6) is 1.02. The molecule has 1 atom stereocenters. The van der Waals surface area contributed by atoms with Crippen molar-refractivity contribution in [3.63, 3.8) is 0 Å². The van der Waals surface area contributed by atoms with Gasteiger partial charge in [0.1, 0.15) is 11.4 Å². The smallest absolute Gasteiger partial charge is 0.248 e. The quantitative estimate of drug-likeness (QED) is 0.0859. The van der Waals surface area contributed by atoms with E-state index < -0.39 is 5.54 Å². The fraction of sp³-hybridized carbons (Fsp3) is 0.488. The molecule has 57 heavy (non-hydrogen) atoms. The highest BCUT2D eigenvalue weighted by molar-refractivity contribution is 7.55. The molecule has 6 rings (SSSR count). The number of carbonyl (C=O) groups is 4. The van der Waals surface area contributed by atoms with Crippen LogP contribution >= 0.6 is 7.92 Å². The molecular weight excluding hydrogens is 741 g/mol. The lowest BCUT2D eigenvalue weighted by Crippen LogP contribution is -2.63. The van der Waals surface area contributed by atoms with Gasteiger partial charge in [-0.15, -0.1) is 0 Å². The number of rotatable bonds is 14. The van der Waals surface area contributed by atoms with E-state index in [1.165, 1.54) is 6.42 Å². The normalized spacial score (nSPS) is 17.8. The van der Waals surface area contributed by atoms with Gasteiger partial charge >= 0.3 is 0 Å². The number of nitrogens with one attached hydrogen (secondary N) is 3. The van der Waals surface area contributed by atoms with E-state index in [4.69, 9.17) is 14.5 Å². The highest BCUT2D eigenvalue weighted by Gasteiger charge is 2.48. The molecule has 310 valence electrons. The van der Waals surface area contributed by atoms with Gasteiger partial charge in [0, 0.05) is 52.5 Å². The first-order valence-electron chi connectivity index (χ1n) is 19.4. The lowest BCUT2D eigenvalue weighted by Gasteiger charge is -2.43. The number of H-pyrrole nitrogens is 1. The van der Waals surface area contributed by atoms with E-state index in [0.29, 0.717) is 25.8 Å². The van der Waals surface area contributed by atoms with Crippen LogP contribution in [0.25, 0.3) is 28.0 Å².